The molecule has 49 heavy (non-hydrogen) atoms. The summed E-state index contributed by atoms with van der Waals surface area (Å²) in [5, 5.41) is 3.05. The van der Waals surface area contributed by atoms with Gasteiger partial charge in [0.1, 0.15) is 18.2 Å². The molecular weight excluding hydrogens is 622 g/mol. The Morgan fingerprint density at radius 3 is 2.24 bits per heavy atom. The molecule has 5 atom stereocenters. The van der Waals surface area contributed by atoms with Crippen molar-refractivity contribution in [2.24, 2.45) is 11.8 Å². The number of esters is 1. The van der Waals surface area contributed by atoms with Crippen LogP contribution in [-0.2, 0) is 28.7 Å². The van der Waals surface area contributed by atoms with Gasteiger partial charge in [-0.2, -0.15) is 0 Å². The van der Waals surface area contributed by atoms with Gasteiger partial charge in [0.05, 0.1) is 25.3 Å². The summed E-state index contributed by atoms with van der Waals surface area (Å²) < 4.78 is 11.7. The summed E-state index contributed by atoms with van der Waals surface area (Å²) in [6, 6.07) is 7.75. The first-order chi connectivity index (χ1) is 23.4. The lowest BCUT2D eigenvalue weighted by Crippen LogP contribution is -2.57. The summed E-state index contributed by atoms with van der Waals surface area (Å²) in [7, 11) is 3.70. The normalized spacial score (nSPS) is 22.9. The number of carbonyl (C=O) groups excluding carboxylic acids is 4. The van der Waals surface area contributed by atoms with Crippen LogP contribution < -0.4 is 5.32 Å². The van der Waals surface area contributed by atoms with Gasteiger partial charge < -0.3 is 24.6 Å². The number of nitrogens with one attached hydrogen (secondary N) is 1. The third-order valence-electron chi connectivity index (χ3n) is 10.3. The Bertz CT molecular complexity index is 1300. The van der Waals surface area contributed by atoms with E-state index in [2.05, 4.69) is 15.1 Å². The van der Waals surface area contributed by atoms with Gasteiger partial charge in [0.15, 0.2) is 0 Å². The molecule has 272 valence electrons. The molecule has 1 N–H and O–H groups in total. The Morgan fingerprint density at radius 1 is 0.939 bits per heavy atom. The van der Waals surface area contributed by atoms with Crippen LogP contribution in [0.25, 0.3) is 0 Å². The Morgan fingerprint density at radius 2 is 1.61 bits per heavy atom. The van der Waals surface area contributed by atoms with E-state index in [9.17, 15) is 19.2 Å². The number of piperidine rings is 1. The molecule has 11 nitrogen and oxygen atoms in total. The third kappa shape index (κ3) is 10.1. The lowest BCUT2D eigenvalue weighted by Gasteiger charge is -2.36. The van der Waals surface area contributed by atoms with E-state index in [-0.39, 0.29) is 35.6 Å². The van der Waals surface area contributed by atoms with Gasteiger partial charge in [0.2, 0.25) is 17.7 Å². The highest BCUT2D eigenvalue weighted by molar-refractivity contribution is 5.96. The molecular formula is C38H59N5O6. The van der Waals surface area contributed by atoms with E-state index < -0.39 is 30.2 Å². The molecule has 3 fully saturated rings. The average Bonchev–Trinajstić information content (AvgIpc) is 3.59. The molecule has 3 aliphatic rings. The molecule has 1 unspecified atom stereocenters. The molecule has 3 saturated heterocycles. The van der Waals surface area contributed by atoms with Crippen molar-refractivity contribution < 1.29 is 28.7 Å². The third-order valence-corrected chi connectivity index (χ3v) is 10.3. The molecule has 1 aromatic carbocycles. The SMILES string of the molecule is C/C(=C\[C@H](C(C)C)N(C)C(=O)[C@@H](NC(=O)[C@H]1CCCCN1C)C(C)C)C(=O)N1CCC[C@H]1C(=O)OC(CN1CCOCC1)c1ccccc1. The Labute approximate surface area is 293 Å². The quantitative estimate of drug-likeness (QED) is 0.248. The number of amides is 3. The molecule has 4 rings (SSSR count). The standard InChI is InChI=1S/C38H59N5O6/c1-26(2)32(41(7)37(46)34(27(3)4)39-35(44)30-16-11-12-18-40(30)6)24-28(5)36(45)43-19-13-17-31(43)38(47)49-33(29-14-9-8-10-15-29)25-42-20-22-48-23-21-42/h8-10,14-15,24,26-27,30-34H,11-13,16-23,25H2,1-7H3,(H,39,44)/b28-24+/t30-,31+,32-,33?,34+/m1/s1. The van der Waals surface area contributed by atoms with Crippen LogP contribution in [-0.4, -0.2) is 127 Å². The highest BCUT2D eigenvalue weighted by atomic mass is 16.5. The first kappa shape index (κ1) is 38.5. The van der Waals surface area contributed by atoms with Crippen LogP contribution >= 0.6 is 0 Å². The minimum Gasteiger partial charge on any atom is -0.455 e. The molecule has 1 aromatic rings. The van der Waals surface area contributed by atoms with Gasteiger partial charge >= 0.3 is 5.97 Å². The zero-order valence-electron chi connectivity index (χ0n) is 30.7. The minimum atomic E-state index is -0.689. The van der Waals surface area contributed by atoms with Gasteiger partial charge in [-0.3, -0.25) is 24.2 Å². The number of nitrogens with zero attached hydrogens (tertiary/aromatic N) is 4. The second-order valence-corrected chi connectivity index (χ2v) is 14.7. The van der Waals surface area contributed by atoms with Crippen molar-refractivity contribution in [3.05, 3.63) is 47.5 Å². The Kier molecular flexibility index (Phi) is 14.2. The van der Waals surface area contributed by atoms with Crippen LogP contribution in [0.4, 0.5) is 0 Å². The number of hydrogen-bond donors (Lipinski definition) is 1. The second kappa shape index (κ2) is 18.1. The van der Waals surface area contributed by atoms with E-state index in [0.717, 1.165) is 44.5 Å². The van der Waals surface area contributed by atoms with E-state index in [1.54, 1.807) is 23.8 Å². The van der Waals surface area contributed by atoms with Gasteiger partial charge in [-0.1, -0.05) is 70.5 Å². The molecule has 3 aliphatic heterocycles. The van der Waals surface area contributed by atoms with Crippen LogP contribution in [0, 0.1) is 11.8 Å². The van der Waals surface area contributed by atoms with E-state index in [1.165, 1.54) is 0 Å². The van der Waals surface area contributed by atoms with Crippen LogP contribution in [0.2, 0.25) is 0 Å². The van der Waals surface area contributed by atoms with Gasteiger partial charge in [-0.05, 0) is 63.6 Å². The number of morpholine rings is 1. The fraction of sp³-hybridized carbons (Fsp3) is 0.684. The number of hydrogen-bond acceptors (Lipinski definition) is 8. The van der Waals surface area contributed by atoms with Crippen LogP contribution in [0.3, 0.4) is 0 Å². The number of likely N-dealkylation sites (N-methyl/N-ethyl adjacent to an activating group) is 2. The Balaban J connectivity index is 1.45. The molecule has 0 aromatic heterocycles. The summed E-state index contributed by atoms with van der Waals surface area (Å²) in [6.45, 7) is 14.4. The molecule has 3 amide bonds. The van der Waals surface area contributed by atoms with E-state index in [1.807, 2.05) is 71.2 Å². The van der Waals surface area contributed by atoms with Crippen molar-refractivity contribution in [2.45, 2.75) is 97.0 Å². The number of ether oxygens (including phenoxy) is 2. The Hall–Kier alpha value is -3.28. The monoisotopic (exact) mass is 681 g/mol. The van der Waals surface area contributed by atoms with Crippen LogP contribution in [0.5, 0.6) is 0 Å². The van der Waals surface area contributed by atoms with Crippen molar-refractivity contribution in [3.8, 4) is 0 Å². The number of benzene rings is 1. The predicted octanol–water partition coefficient (Wildman–Crippen LogP) is 3.65. The van der Waals surface area contributed by atoms with Crippen molar-refractivity contribution in [1.29, 1.82) is 0 Å². The maximum Gasteiger partial charge on any atom is 0.329 e. The maximum atomic E-state index is 13.9. The molecule has 0 radical (unpaired) electrons. The van der Waals surface area contributed by atoms with Gasteiger partial charge in [0, 0.05) is 38.8 Å². The largest absolute Gasteiger partial charge is 0.455 e. The molecule has 3 heterocycles. The number of likely N-dealkylation sites (tertiary alicyclic amines) is 2. The first-order valence-corrected chi connectivity index (χ1v) is 18.2. The molecule has 0 aliphatic carbocycles. The van der Waals surface area contributed by atoms with Crippen molar-refractivity contribution in [2.75, 3.05) is 60.0 Å². The van der Waals surface area contributed by atoms with E-state index in [4.69, 9.17) is 9.47 Å². The summed E-state index contributed by atoms with van der Waals surface area (Å²) in [6.07, 6.45) is 5.46. The smallest absolute Gasteiger partial charge is 0.329 e. The average molecular weight is 682 g/mol. The summed E-state index contributed by atoms with van der Waals surface area (Å²) in [4.78, 5) is 62.5. The highest BCUT2D eigenvalue weighted by Crippen LogP contribution is 2.27. The summed E-state index contributed by atoms with van der Waals surface area (Å²) >= 11 is 0. The molecule has 0 saturated carbocycles. The summed E-state index contributed by atoms with van der Waals surface area (Å²) in [5.74, 6) is -1.05. The fourth-order valence-corrected chi connectivity index (χ4v) is 7.21. The maximum absolute atomic E-state index is 13.9. The zero-order valence-corrected chi connectivity index (χ0v) is 30.7. The van der Waals surface area contributed by atoms with Gasteiger partial charge in [0.25, 0.3) is 0 Å². The van der Waals surface area contributed by atoms with Gasteiger partial charge in [-0.15, -0.1) is 0 Å². The van der Waals surface area contributed by atoms with Crippen molar-refractivity contribution in [3.63, 3.8) is 0 Å². The van der Waals surface area contributed by atoms with Crippen molar-refractivity contribution in [1.82, 2.24) is 24.9 Å². The molecule has 0 bridgehead atoms. The predicted molar refractivity (Wildman–Crippen MR) is 189 cm³/mol. The number of carbonyl (C=O) groups is 4. The lowest BCUT2D eigenvalue weighted by molar-refractivity contribution is -0.159. The second-order valence-electron chi connectivity index (χ2n) is 14.7. The number of rotatable bonds is 13. The van der Waals surface area contributed by atoms with Crippen molar-refractivity contribution >= 4 is 23.7 Å². The van der Waals surface area contributed by atoms with Crippen LogP contribution in [0.1, 0.15) is 78.4 Å². The van der Waals surface area contributed by atoms with E-state index in [0.29, 0.717) is 44.7 Å². The van der Waals surface area contributed by atoms with E-state index >= 15 is 0 Å². The minimum absolute atomic E-state index is 0.00384. The van der Waals surface area contributed by atoms with Crippen LogP contribution in [0.15, 0.2) is 42.0 Å². The first-order valence-electron chi connectivity index (χ1n) is 18.2. The molecule has 11 heteroatoms. The topological polar surface area (TPSA) is 112 Å². The fourth-order valence-electron chi connectivity index (χ4n) is 7.21. The summed E-state index contributed by atoms with van der Waals surface area (Å²) in [5.41, 5.74) is 1.39. The molecule has 0 spiro atoms. The lowest BCUT2D eigenvalue weighted by atomic mass is 9.96. The highest BCUT2D eigenvalue weighted by Gasteiger charge is 2.39. The zero-order chi connectivity index (χ0) is 35.7. The van der Waals surface area contributed by atoms with Gasteiger partial charge in [-0.25, -0.2) is 4.79 Å².